The van der Waals surface area contributed by atoms with Gasteiger partial charge in [-0.1, -0.05) is 0 Å². The molecule has 0 bridgehead atoms. The number of carbonyl (C=O) groups is 2. The van der Waals surface area contributed by atoms with Crippen LogP contribution in [0.2, 0.25) is 0 Å². The van der Waals surface area contributed by atoms with Crippen molar-refractivity contribution in [2.45, 2.75) is 25.3 Å². The van der Waals surface area contributed by atoms with Crippen LogP contribution >= 0.6 is 0 Å². The highest BCUT2D eigenvalue weighted by atomic mass is 16.2. The number of pyridine rings is 1. The minimum atomic E-state index is -0.350. The molecule has 2 N–H and O–H groups in total. The van der Waals surface area contributed by atoms with E-state index in [0.29, 0.717) is 25.4 Å². The molecule has 6 nitrogen and oxygen atoms in total. The Kier molecular flexibility index (Phi) is 3.30. The van der Waals surface area contributed by atoms with Crippen LogP contribution in [0.5, 0.6) is 0 Å². The molecule has 106 valence electrons. The molecule has 3 heterocycles. The second-order valence-corrected chi connectivity index (χ2v) is 5.43. The zero-order valence-corrected chi connectivity index (χ0v) is 11.1. The quantitative estimate of drug-likeness (QED) is 0.763. The first-order valence-corrected chi connectivity index (χ1v) is 6.91. The lowest BCUT2D eigenvalue weighted by Gasteiger charge is -2.41. The van der Waals surface area contributed by atoms with Crippen LogP contribution in [0.3, 0.4) is 0 Å². The highest BCUT2D eigenvalue weighted by molar-refractivity contribution is 5.93. The van der Waals surface area contributed by atoms with Crippen LogP contribution in [0, 0.1) is 5.92 Å². The van der Waals surface area contributed by atoms with E-state index >= 15 is 0 Å². The van der Waals surface area contributed by atoms with Gasteiger partial charge in [0.2, 0.25) is 5.91 Å². The van der Waals surface area contributed by atoms with Gasteiger partial charge in [0.15, 0.2) is 0 Å². The molecule has 2 unspecified atom stereocenters. The number of piperidine rings is 2. The SMILES string of the molecule is O=C1CCC2CN(C(=O)c3ccc[nH]c3=O)CCC2N1. The third-order valence-corrected chi connectivity index (χ3v) is 4.16. The van der Waals surface area contributed by atoms with Gasteiger partial charge in [0, 0.05) is 31.7 Å². The minimum Gasteiger partial charge on any atom is -0.353 e. The van der Waals surface area contributed by atoms with E-state index in [-0.39, 0.29) is 29.0 Å². The van der Waals surface area contributed by atoms with Gasteiger partial charge in [-0.05, 0) is 30.9 Å². The summed E-state index contributed by atoms with van der Waals surface area (Å²) < 4.78 is 0. The zero-order chi connectivity index (χ0) is 14.1. The summed E-state index contributed by atoms with van der Waals surface area (Å²) in [6.45, 7) is 1.19. The number of hydrogen-bond acceptors (Lipinski definition) is 3. The number of hydrogen-bond donors (Lipinski definition) is 2. The maximum atomic E-state index is 12.4. The number of amides is 2. The molecule has 2 fully saturated rings. The van der Waals surface area contributed by atoms with Gasteiger partial charge in [-0.15, -0.1) is 0 Å². The number of carbonyl (C=O) groups excluding carboxylic acids is 2. The summed E-state index contributed by atoms with van der Waals surface area (Å²) in [5.41, 5.74) is -0.164. The number of aromatic nitrogens is 1. The second-order valence-electron chi connectivity index (χ2n) is 5.43. The molecule has 0 spiro atoms. The molecule has 2 saturated heterocycles. The highest BCUT2D eigenvalue weighted by Gasteiger charge is 2.35. The lowest BCUT2D eigenvalue weighted by molar-refractivity contribution is -0.125. The molecule has 2 amide bonds. The van der Waals surface area contributed by atoms with Crippen LogP contribution in [0.25, 0.3) is 0 Å². The molecule has 20 heavy (non-hydrogen) atoms. The monoisotopic (exact) mass is 275 g/mol. The molecule has 0 saturated carbocycles. The van der Waals surface area contributed by atoms with Crippen molar-refractivity contribution in [2.75, 3.05) is 13.1 Å². The Morgan fingerprint density at radius 2 is 2.15 bits per heavy atom. The fourth-order valence-corrected chi connectivity index (χ4v) is 3.05. The number of likely N-dealkylation sites (tertiary alicyclic amines) is 1. The molecule has 0 radical (unpaired) electrons. The van der Waals surface area contributed by atoms with Crippen LogP contribution in [-0.4, -0.2) is 40.8 Å². The Morgan fingerprint density at radius 3 is 2.95 bits per heavy atom. The van der Waals surface area contributed by atoms with Gasteiger partial charge in [0.1, 0.15) is 5.56 Å². The van der Waals surface area contributed by atoms with E-state index in [2.05, 4.69) is 10.3 Å². The summed E-state index contributed by atoms with van der Waals surface area (Å²) in [6.07, 6.45) is 3.61. The van der Waals surface area contributed by atoms with Gasteiger partial charge in [0.05, 0.1) is 0 Å². The number of nitrogens with one attached hydrogen (secondary N) is 2. The second kappa shape index (κ2) is 5.11. The van der Waals surface area contributed by atoms with Crippen molar-refractivity contribution in [3.8, 4) is 0 Å². The van der Waals surface area contributed by atoms with Gasteiger partial charge in [-0.2, -0.15) is 0 Å². The Labute approximate surface area is 116 Å². The van der Waals surface area contributed by atoms with E-state index in [9.17, 15) is 14.4 Å². The molecule has 1 aromatic rings. The summed E-state index contributed by atoms with van der Waals surface area (Å²) in [6, 6.07) is 3.38. The van der Waals surface area contributed by atoms with Crippen molar-refractivity contribution in [2.24, 2.45) is 5.92 Å². The minimum absolute atomic E-state index is 0.102. The summed E-state index contributed by atoms with van der Waals surface area (Å²) in [5, 5.41) is 2.98. The average molecular weight is 275 g/mol. The van der Waals surface area contributed by atoms with Crippen LogP contribution in [-0.2, 0) is 4.79 Å². The normalized spacial score (nSPS) is 25.8. The first-order valence-electron chi connectivity index (χ1n) is 6.91. The predicted molar refractivity (Wildman–Crippen MR) is 72.2 cm³/mol. The van der Waals surface area contributed by atoms with E-state index in [0.717, 1.165) is 12.8 Å². The molecule has 0 aliphatic carbocycles. The first-order chi connectivity index (χ1) is 9.65. The first kappa shape index (κ1) is 12.9. The number of aromatic amines is 1. The molecule has 3 rings (SSSR count). The summed E-state index contributed by atoms with van der Waals surface area (Å²) in [5.74, 6) is 0.181. The molecule has 2 aliphatic heterocycles. The van der Waals surface area contributed by atoms with E-state index in [4.69, 9.17) is 0 Å². The molecular formula is C14H17N3O3. The molecule has 6 heteroatoms. The number of nitrogens with zero attached hydrogens (tertiary/aromatic N) is 1. The molecule has 2 atom stereocenters. The largest absolute Gasteiger partial charge is 0.353 e. The summed E-state index contributed by atoms with van der Waals surface area (Å²) in [4.78, 5) is 39.7. The Bertz CT molecular complexity index is 595. The Morgan fingerprint density at radius 1 is 1.30 bits per heavy atom. The maximum Gasteiger partial charge on any atom is 0.260 e. The zero-order valence-electron chi connectivity index (χ0n) is 11.1. The topological polar surface area (TPSA) is 82.3 Å². The van der Waals surface area contributed by atoms with E-state index in [1.54, 1.807) is 17.0 Å². The standard InChI is InChI=1S/C14H17N3O3/c18-12-4-3-9-8-17(7-5-11(9)16-12)14(20)10-2-1-6-15-13(10)19/h1-2,6,9,11H,3-5,7-8H2,(H,15,19)(H,16,18). The summed E-state index contributed by atoms with van der Waals surface area (Å²) >= 11 is 0. The Balaban J connectivity index is 1.74. The lowest BCUT2D eigenvalue weighted by Crippen LogP contribution is -2.55. The predicted octanol–water partition coefficient (Wildman–Crippen LogP) is 0.116. The number of fused-ring (bicyclic) bond motifs is 1. The van der Waals surface area contributed by atoms with Crippen molar-refractivity contribution >= 4 is 11.8 Å². The van der Waals surface area contributed by atoms with Gasteiger partial charge < -0.3 is 15.2 Å². The summed E-state index contributed by atoms with van der Waals surface area (Å²) in [7, 11) is 0. The third kappa shape index (κ3) is 2.33. The van der Waals surface area contributed by atoms with Gasteiger partial charge in [-0.3, -0.25) is 14.4 Å². The van der Waals surface area contributed by atoms with Crippen molar-refractivity contribution < 1.29 is 9.59 Å². The van der Waals surface area contributed by atoms with E-state index in [1.165, 1.54) is 6.20 Å². The van der Waals surface area contributed by atoms with E-state index in [1.807, 2.05) is 0 Å². The van der Waals surface area contributed by atoms with Crippen LogP contribution < -0.4 is 10.9 Å². The van der Waals surface area contributed by atoms with Crippen molar-refractivity contribution in [3.63, 3.8) is 0 Å². The van der Waals surface area contributed by atoms with E-state index < -0.39 is 0 Å². The van der Waals surface area contributed by atoms with Gasteiger partial charge >= 0.3 is 0 Å². The third-order valence-electron chi connectivity index (χ3n) is 4.16. The number of H-pyrrole nitrogens is 1. The maximum absolute atomic E-state index is 12.4. The molecule has 2 aliphatic rings. The number of rotatable bonds is 1. The smallest absolute Gasteiger partial charge is 0.260 e. The van der Waals surface area contributed by atoms with Crippen molar-refractivity contribution in [1.29, 1.82) is 0 Å². The van der Waals surface area contributed by atoms with Crippen LogP contribution in [0.1, 0.15) is 29.6 Å². The van der Waals surface area contributed by atoms with Crippen LogP contribution in [0.15, 0.2) is 23.1 Å². The molecule has 1 aromatic heterocycles. The van der Waals surface area contributed by atoms with Gasteiger partial charge in [-0.25, -0.2) is 0 Å². The van der Waals surface area contributed by atoms with Crippen molar-refractivity contribution in [1.82, 2.24) is 15.2 Å². The highest BCUT2D eigenvalue weighted by Crippen LogP contribution is 2.25. The lowest BCUT2D eigenvalue weighted by atomic mass is 9.85. The van der Waals surface area contributed by atoms with Crippen molar-refractivity contribution in [3.05, 3.63) is 34.2 Å². The fourth-order valence-electron chi connectivity index (χ4n) is 3.05. The molecular weight excluding hydrogens is 258 g/mol. The molecule has 0 aromatic carbocycles. The fraction of sp³-hybridized carbons (Fsp3) is 0.500. The van der Waals surface area contributed by atoms with Gasteiger partial charge in [0.25, 0.3) is 11.5 Å². The van der Waals surface area contributed by atoms with Crippen LogP contribution in [0.4, 0.5) is 0 Å². The Hall–Kier alpha value is -2.11. The average Bonchev–Trinajstić information content (AvgIpc) is 2.46.